The average molecular weight is 173 g/mol. The van der Waals surface area contributed by atoms with Crippen LogP contribution in [0, 0.1) is 0 Å². The molecule has 0 N–H and O–H groups in total. The van der Waals surface area contributed by atoms with Gasteiger partial charge in [0.15, 0.2) is 0 Å². The van der Waals surface area contributed by atoms with E-state index in [0.717, 1.165) is 5.02 Å². The van der Waals surface area contributed by atoms with Gasteiger partial charge in [-0.15, -0.1) is 0 Å². The molecule has 0 fully saturated rings. The van der Waals surface area contributed by atoms with E-state index in [9.17, 15) is 0 Å². The number of hydrogen-bond donors (Lipinski definition) is 0. The van der Waals surface area contributed by atoms with Gasteiger partial charge in [0.25, 0.3) is 0 Å². The minimum atomic E-state index is -1.42. The van der Waals surface area contributed by atoms with Crippen LogP contribution in [-0.2, 0) is 8.92 Å². The van der Waals surface area contributed by atoms with Crippen LogP contribution in [0.2, 0.25) is 5.02 Å². The van der Waals surface area contributed by atoms with Crippen molar-refractivity contribution in [3.63, 3.8) is 0 Å². The summed E-state index contributed by atoms with van der Waals surface area (Å²) in [5.74, 6) is 0. The molecular weight excluding hydrogens is 168 g/mol. The molecule has 0 saturated heterocycles. The third kappa shape index (κ3) is 5.46. The highest BCUT2D eigenvalue weighted by molar-refractivity contribution is 6.30. The minimum absolute atomic E-state index is 0.794. The number of benzene rings is 1. The summed E-state index contributed by atoms with van der Waals surface area (Å²) < 4.78 is 16.8. The van der Waals surface area contributed by atoms with Gasteiger partial charge < -0.3 is 0 Å². The Labute approximate surface area is 65.8 Å². The number of halogens is 1. The maximum atomic E-state index is 8.40. The average Bonchev–Trinajstić information content (AvgIpc) is 1.91. The molecule has 52 valence electrons. The first kappa shape index (κ1) is 9.33. The smallest absolute Gasteiger partial charge is 0.274 e. The quantitative estimate of drug-likeness (QED) is 0.559. The summed E-state index contributed by atoms with van der Waals surface area (Å²) in [5, 5.41) is 0.794. The van der Waals surface area contributed by atoms with Gasteiger partial charge in [0.05, 0.1) is 0 Å². The third-order valence-electron chi connectivity index (χ3n) is 0.733. The van der Waals surface area contributed by atoms with Gasteiger partial charge in [-0.2, -0.15) is 0 Å². The van der Waals surface area contributed by atoms with Crippen LogP contribution in [0.4, 0.5) is 0 Å². The van der Waals surface area contributed by atoms with Crippen molar-refractivity contribution in [3.8, 4) is 0 Å². The highest BCUT2D eigenvalue weighted by Gasteiger charge is 1.74. The molecule has 10 heavy (non-hydrogen) atoms. The largest absolute Gasteiger partial charge is 0.549 e. The maximum Gasteiger partial charge on any atom is 0.549 e. The predicted octanol–water partition coefficient (Wildman–Crippen LogP) is 1.72. The molecule has 0 aliphatic carbocycles. The van der Waals surface area contributed by atoms with E-state index in [0.29, 0.717) is 0 Å². The van der Waals surface area contributed by atoms with Gasteiger partial charge in [-0.25, -0.2) is 0 Å². The van der Waals surface area contributed by atoms with Crippen molar-refractivity contribution in [2.24, 2.45) is 0 Å². The Balaban J connectivity index is 0.000000236. The first-order valence-corrected chi connectivity index (χ1v) is 3.70. The van der Waals surface area contributed by atoms with Crippen LogP contribution >= 0.6 is 11.6 Å². The molecule has 0 aliphatic rings. The zero-order valence-electron chi connectivity index (χ0n) is 5.08. The molecule has 0 aromatic heterocycles. The number of rotatable bonds is 0. The summed E-state index contributed by atoms with van der Waals surface area (Å²) in [7, 11) is -1.42. The molecule has 0 aliphatic heterocycles. The lowest BCUT2D eigenvalue weighted by Gasteiger charge is -1.80. The second kappa shape index (κ2) is 6.45. The van der Waals surface area contributed by atoms with Crippen LogP contribution in [-0.4, -0.2) is 9.29 Å². The molecule has 1 rings (SSSR count). The Hall–Kier alpha value is -0.673. The third-order valence-corrected chi connectivity index (χ3v) is 0.985. The molecule has 2 nitrogen and oxygen atoms in total. The zero-order valence-corrected chi connectivity index (χ0v) is 6.84. The van der Waals surface area contributed by atoms with Gasteiger partial charge in [-0.1, -0.05) is 29.8 Å². The van der Waals surface area contributed by atoms with Crippen molar-refractivity contribution in [3.05, 3.63) is 35.4 Å². The normalized spacial score (nSPS) is 6.90. The van der Waals surface area contributed by atoms with Crippen LogP contribution in [0.15, 0.2) is 30.3 Å². The lowest BCUT2D eigenvalue weighted by molar-refractivity contribution is 0.497. The van der Waals surface area contributed by atoms with Crippen LogP contribution in [0.25, 0.3) is 0 Å². The van der Waals surface area contributed by atoms with Gasteiger partial charge in [-0.3, -0.25) is 8.92 Å². The van der Waals surface area contributed by atoms with Crippen LogP contribution in [0.3, 0.4) is 0 Å². The molecule has 0 spiro atoms. The molecule has 0 bridgehead atoms. The van der Waals surface area contributed by atoms with Crippen molar-refractivity contribution >= 4 is 20.9 Å². The summed E-state index contributed by atoms with van der Waals surface area (Å²) in [5.41, 5.74) is 0. The van der Waals surface area contributed by atoms with Crippen molar-refractivity contribution in [1.29, 1.82) is 0 Å². The summed E-state index contributed by atoms with van der Waals surface area (Å²) >= 11 is 5.54. The summed E-state index contributed by atoms with van der Waals surface area (Å²) in [4.78, 5) is 0. The predicted molar refractivity (Wildman–Crippen MR) is 38.6 cm³/mol. The standard InChI is InChI=1S/C6H5Cl.O2Si/c7-6-4-2-1-3-5-6;1-3-2/h1-5H;. The van der Waals surface area contributed by atoms with Gasteiger partial charge in [0.1, 0.15) is 0 Å². The Morgan fingerprint density at radius 1 is 1.10 bits per heavy atom. The molecule has 1 aromatic rings. The van der Waals surface area contributed by atoms with Crippen LogP contribution < -0.4 is 0 Å². The Morgan fingerprint density at radius 2 is 1.50 bits per heavy atom. The van der Waals surface area contributed by atoms with E-state index in [2.05, 4.69) is 0 Å². The molecule has 0 atom stereocenters. The van der Waals surface area contributed by atoms with Gasteiger partial charge in [0.2, 0.25) is 0 Å². The van der Waals surface area contributed by atoms with E-state index in [1.807, 2.05) is 30.3 Å². The molecule has 0 heterocycles. The van der Waals surface area contributed by atoms with E-state index >= 15 is 0 Å². The topological polar surface area (TPSA) is 34.1 Å². The van der Waals surface area contributed by atoms with E-state index in [1.54, 1.807) is 0 Å². The van der Waals surface area contributed by atoms with Crippen LogP contribution in [0.5, 0.6) is 0 Å². The fraction of sp³-hybridized carbons (Fsp3) is 0. The van der Waals surface area contributed by atoms with Gasteiger partial charge in [-0.05, 0) is 12.1 Å². The summed E-state index contributed by atoms with van der Waals surface area (Å²) in [6, 6.07) is 9.44. The lowest BCUT2D eigenvalue weighted by atomic mass is 10.4. The van der Waals surface area contributed by atoms with E-state index < -0.39 is 9.29 Å². The summed E-state index contributed by atoms with van der Waals surface area (Å²) in [6.07, 6.45) is 0. The molecule has 0 saturated carbocycles. The van der Waals surface area contributed by atoms with Gasteiger partial charge >= 0.3 is 9.29 Å². The van der Waals surface area contributed by atoms with Crippen molar-refractivity contribution < 1.29 is 8.92 Å². The molecule has 0 radical (unpaired) electrons. The van der Waals surface area contributed by atoms with E-state index in [-0.39, 0.29) is 0 Å². The first-order valence-electron chi connectivity index (χ1n) is 2.51. The Kier molecular flexibility index (Phi) is 6.01. The highest BCUT2D eigenvalue weighted by atomic mass is 35.5. The first-order chi connectivity index (χ1) is 4.81. The highest BCUT2D eigenvalue weighted by Crippen LogP contribution is 2.03. The monoisotopic (exact) mass is 172 g/mol. The van der Waals surface area contributed by atoms with Gasteiger partial charge in [0, 0.05) is 5.02 Å². The minimum Gasteiger partial charge on any atom is -0.274 e. The molecule has 0 amide bonds. The van der Waals surface area contributed by atoms with Crippen molar-refractivity contribution in [2.45, 2.75) is 0 Å². The molecular formula is C6H5ClO2Si. The fourth-order valence-corrected chi connectivity index (χ4v) is 0.560. The van der Waals surface area contributed by atoms with E-state index in [4.69, 9.17) is 20.5 Å². The van der Waals surface area contributed by atoms with E-state index in [1.165, 1.54) is 0 Å². The number of hydrogen-bond acceptors (Lipinski definition) is 2. The maximum absolute atomic E-state index is 8.40. The van der Waals surface area contributed by atoms with Crippen molar-refractivity contribution in [1.82, 2.24) is 0 Å². The molecule has 4 heteroatoms. The zero-order chi connectivity index (χ0) is 7.82. The van der Waals surface area contributed by atoms with Crippen LogP contribution in [0.1, 0.15) is 0 Å². The second-order valence-electron chi connectivity index (χ2n) is 1.38. The van der Waals surface area contributed by atoms with Crippen molar-refractivity contribution in [2.75, 3.05) is 0 Å². The lowest BCUT2D eigenvalue weighted by Crippen LogP contribution is -1.55. The summed E-state index contributed by atoms with van der Waals surface area (Å²) in [6.45, 7) is 0. The Bertz CT molecular complexity index is 206. The Morgan fingerprint density at radius 3 is 1.70 bits per heavy atom. The fourth-order valence-electron chi connectivity index (χ4n) is 0.415. The second-order valence-corrected chi connectivity index (χ2v) is 1.98. The SMILES string of the molecule is Clc1ccccc1.O=[Si]=O. The molecule has 1 aromatic carbocycles. The molecule has 0 unspecified atom stereocenters.